The lowest BCUT2D eigenvalue weighted by molar-refractivity contribution is 0.390. The minimum absolute atomic E-state index is 0.486. The monoisotopic (exact) mass is 221 g/mol. The largest absolute Gasteiger partial charge is 0.496 e. The van der Waals surface area contributed by atoms with Crippen LogP contribution in [0.1, 0.15) is 37.3 Å². The summed E-state index contributed by atoms with van der Waals surface area (Å²) >= 11 is 0. The first-order valence-electron chi connectivity index (χ1n) is 5.94. The van der Waals surface area contributed by atoms with Crippen molar-refractivity contribution in [1.82, 2.24) is 0 Å². The summed E-state index contributed by atoms with van der Waals surface area (Å²) in [6, 6.07) is 6.36. The first-order valence-corrected chi connectivity index (χ1v) is 5.94. The fraction of sp³-hybridized carbons (Fsp3) is 0.571. The zero-order chi connectivity index (χ0) is 12.1. The zero-order valence-corrected chi connectivity index (χ0v) is 10.8. The van der Waals surface area contributed by atoms with E-state index in [9.17, 15) is 0 Å². The Morgan fingerprint density at radius 2 is 2.00 bits per heavy atom. The van der Waals surface area contributed by atoms with E-state index in [1.165, 1.54) is 11.1 Å². The standard InChI is InChI=1S/C14H23NO/c1-10(2)12(7-8-15)13-9-11(3)5-6-14(13)16-4/h5-6,9-10,12H,7-8,15H2,1-4H3. The van der Waals surface area contributed by atoms with Crippen molar-refractivity contribution in [3.05, 3.63) is 29.3 Å². The van der Waals surface area contributed by atoms with Gasteiger partial charge in [0.15, 0.2) is 0 Å². The van der Waals surface area contributed by atoms with Gasteiger partial charge in [-0.05, 0) is 43.4 Å². The fourth-order valence-corrected chi connectivity index (χ4v) is 2.17. The summed E-state index contributed by atoms with van der Waals surface area (Å²) < 4.78 is 5.44. The highest BCUT2D eigenvalue weighted by atomic mass is 16.5. The molecule has 0 aliphatic carbocycles. The number of methoxy groups -OCH3 is 1. The molecule has 0 saturated carbocycles. The van der Waals surface area contributed by atoms with Crippen LogP contribution in [-0.2, 0) is 0 Å². The minimum atomic E-state index is 0.486. The van der Waals surface area contributed by atoms with Crippen LogP contribution in [0.15, 0.2) is 18.2 Å². The van der Waals surface area contributed by atoms with E-state index in [2.05, 4.69) is 39.0 Å². The molecular weight excluding hydrogens is 198 g/mol. The van der Waals surface area contributed by atoms with E-state index >= 15 is 0 Å². The smallest absolute Gasteiger partial charge is 0.122 e. The second-order valence-corrected chi connectivity index (χ2v) is 4.67. The van der Waals surface area contributed by atoms with E-state index in [1.54, 1.807) is 7.11 Å². The van der Waals surface area contributed by atoms with Gasteiger partial charge in [-0.1, -0.05) is 31.5 Å². The molecule has 2 heteroatoms. The Morgan fingerprint density at radius 3 is 2.50 bits per heavy atom. The first kappa shape index (κ1) is 13.0. The van der Waals surface area contributed by atoms with Crippen LogP contribution < -0.4 is 10.5 Å². The lowest BCUT2D eigenvalue weighted by Crippen LogP contribution is -2.13. The van der Waals surface area contributed by atoms with Gasteiger partial charge in [-0.2, -0.15) is 0 Å². The van der Waals surface area contributed by atoms with Gasteiger partial charge in [0.1, 0.15) is 5.75 Å². The van der Waals surface area contributed by atoms with Crippen molar-refractivity contribution < 1.29 is 4.74 Å². The highest BCUT2D eigenvalue weighted by Gasteiger charge is 2.18. The highest BCUT2D eigenvalue weighted by Crippen LogP contribution is 2.34. The maximum Gasteiger partial charge on any atom is 0.122 e. The van der Waals surface area contributed by atoms with Gasteiger partial charge in [0.05, 0.1) is 7.11 Å². The number of benzene rings is 1. The number of hydrogen-bond donors (Lipinski definition) is 1. The molecule has 16 heavy (non-hydrogen) atoms. The Morgan fingerprint density at radius 1 is 1.31 bits per heavy atom. The van der Waals surface area contributed by atoms with E-state index in [0.717, 1.165) is 18.7 Å². The van der Waals surface area contributed by atoms with Gasteiger partial charge in [0, 0.05) is 0 Å². The normalized spacial score (nSPS) is 12.9. The third-order valence-corrected chi connectivity index (χ3v) is 3.07. The average Bonchev–Trinajstić information content (AvgIpc) is 2.25. The summed E-state index contributed by atoms with van der Waals surface area (Å²) in [5, 5.41) is 0. The summed E-state index contributed by atoms with van der Waals surface area (Å²) in [7, 11) is 1.73. The van der Waals surface area contributed by atoms with Crippen LogP contribution in [0.3, 0.4) is 0 Å². The molecule has 1 aromatic carbocycles. The average molecular weight is 221 g/mol. The van der Waals surface area contributed by atoms with Crippen LogP contribution in [-0.4, -0.2) is 13.7 Å². The van der Waals surface area contributed by atoms with E-state index in [1.807, 2.05) is 0 Å². The van der Waals surface area contributed by atoms with Gasteiger partial charge in [0.25, 0.3) is 0 Å². The van der Waals surface area contributed by atoms with Gasteiger partial charge < -0.3 is 10.5 Å². The molecule has 0 amide bonds. The number of ether oxygens (including phenoxy) is 1. The zero-order valence-electron chi connectivity index (χ0n) is 10.8. The molecule has 0 aliphatic heterocycles. The van der Waals surface area contributed by atoms with E-state index < -0.39 is 0 Å². The van der Waals surface area contributed by atoms with Gasteiger partial charge in [0.2, 0.25) is 0 Å². The molecule has 0 aromatic heterocycles. The lowest BCUT2D eigenvalue weighted by atomic mass is 9.84. The number of aryl methyl sites for hydroxylation is 1. The van der Waals surface area contributed by atoms with Crippen molar-refractivity contribution in [2.24, 2.45) is 11.7 Å². The SMILES string of the molecule is COc1ccc(C)cc1C(CCN)C(C)C. The summed E-state index contributed by atoms with van der Waals surface area (Å²) in [5.41, 5.74) is 8.26. The summed E-state index contributed by atoms with van der Waals surface area (Å²) in [4.78, 5) is 0. The third kappa shape index (κ3) is 2.99. The third-order valence-electron chi connectivity index (χ3n) is 3.07. The lowest BCUT2D eigenvalue weighted by Gasteiger charge is -2.23. The molecule has 0 aliphatic rings. The molecule has 2 N–H and O–H groups in total. The maximum absolute atomic E-state index is 5.69. The topological polar surface area (TPSA) is 35.2 Å². The van der Waals surface area contributed by atoms with E-state index in [-0.39, 0.29) is 0 Å². The van der Waals surface area contributed by atoms with Crippen molar-refractivity contribution in [3.63, 3.8) is 0 Å². The van der Waals surface area contributed by atoms with Crippen LogP contribution in [0.25, 0.3) is 0 Å². The molecule has 1 aromatic rings. The molecule has 1 rings (SSSR count). The van der Waals surface area contributed by atoms with Crippen LogP contribution in [0.4, 0.5) is 0 Å². The first-order chi connectivity index (χ1) is 7.60. The molecule has 0 fully saturated rings. The van der Waals surface area contributed by atoms with Crippen molar-refractivity contribution >= 4 is 0 Å². The van der Waals surface area contributed by atoms with E-state index in [4.69, 9.17) is 10.5 Å². The predicted octanol–water partition coefficient (Wildman–Crippen LogP) is 3.09. The highest BCUT2D eigenvalue weighted by molar-refractivity contribution is 5.39. The summed E-state index contributed by atoms with van der Waals surface area (Å²) in [6.45, 7) is 7.31. The molecular formula is C14H23NO. The molecule has 0 heterocycles. The van der Waals surface area contributed by atoms with Crippen LogP contribution >= 0.6 is 0 Å². The molecule has 0 spiro atoms. The van der Waals surface area contributed by atoms with Crippen LogP contribution in [0.2, 0.25) is 0 Å². The van der Waals surface area contributed by atoms with E-state index in [0.29, 0.717) is 11.8 Å². The number of hydrogen-bond acceptors (Lipinski definition) is 2. The van der Waals surface area contributed by atoms with Gasteiger partial charge >= 0.3 is 0 Å². The molecule has 90 valence electrons. The van der Waals surface area contributed by atoms with Crippen molar-refractivity contribution in [1.29, 1.82) is 0 Å². The van der Waals surface area contributed by atoms with Crippen LogP contribution in [0, 0.1) is 12.8 Å². The Kier molecular flexibility index (Phi) is 4.81. The Hall–Kier alpha value is -1.02. The Bertz CT molecular complexity index is 334. The van der Waals surface area contributed by atoms with Gasteiger partial charge in [-0.3, -0.25) is 0 Å². The maximum atomic E-state index is 5.69. The second kappa shape index (κ2) is 5.90. The summed E-state index contributed by atoms with van der Waals surface area (Å²) in [6.07, 6.45) is 1.01. The fourth-order valence-electron chi connectivity index (χ4n) is 2.17. The van der Waals surface area contributed by atoms with Crippen molar-refractivity contribution in [2.45, 2.75) is 33.1 Å². The molecule has 2 nitrogen and oxygen atoms in total. The predicted molar refractivity (Wildman–Crippen MR) is 69.0 cm³/mol. The summed E-state index contributed by atoms with van der Waals surface area (Å²) in [5.74, 6) is 2.05. The van der Waals surface area contributed by atoms with Crippen molar-refractivity contribution in [2.75, 3.05) is 13.7 Å². The molecule has 0 saturated heterocycles. The van der Waals surface area contributed by atoms with Crippen molar-refractivity contribution in [3.8, 4) is 5.75 Å². The molecule has 0 bridgehead atoms. The van der Waals surface area contributed by atoms with Gasteiger partial charge in [-0.15, -0.1) is 0 Å². The minimum Gasteiger partial charge on any atom is -0.496 e. The second-order valence-electron chi connectivity index (χ2n) is 4.67. The Labute approximate surface area is 98.8 Å². The molecule has 0 radical (unpaired) electrons. The quantitative estimate of drug-likeness (QED) is 0.829. The molecule has 1 atom stereocenters. The Balaban J connectivity index is 3.10. The number of rotatable bonds is 5. The van der Waals surface area contributed by atoms with Gasteiger partial charge in [-0.25, -0.2) is 0 Å². The number of nitrogens with two attached hydrogens (primary N) is 1. The van der Waals surface area contributed by atoms with Crippen LogP contribution in [0.5, 0.6) is 5.75 Å². The molecule has 1 unspecified atom stereocenters.